The average molecular weight is 621 g/mol. The molecule has 0 radical (unpaired) electrons. The van der Waals surface area contributed by atoms with Gasteiger partial charge in [-0.25, -0.2) is 0 Å². The molecule has 0 amide bonds. The molecule has 2 nitrogen and oxygen atoms in total. The second-order valence-corrected chi connectivity index (χ2v) is 14.3. The van der Waals surface area contributed by atoms with Crippen molar-refractivity contribution < 1.29 is 9.53 Å². The molecule has 0 aromatic carbocycles. The third kappa shape index (κ3) is 39.5. The molecule has 44 heavy (non-hydrogen) atoms. The molecule has 0 aliphatic heterocycles. The van der Waals surface area contributed by atoms with Gasteiger partial charge in [-0.1, -0.05) is 239 Å². The van der Waals surface area contributed by atoms with Crippen molar-refractivity contribution >= 4 is 5.97 Å². The number of ether oxygens (including phenoxy) is 1. The van der Waals surface area contributed by atoms with Crippen molar-refractivity contribution in [3.8, 4) is 0 Å². The lowest BCUT2D eigenvalue weighted by atomic mass is 10.0. The highest BCUT2D eigenvalue weighted by molar-refractivity contribution is 5.69. The number of carbonyl (C=O) groups excluding carboxylic acids is 1. The van der Waals surface area contributed by atoms with Gasteiger partial charge in [0.2, 0.25) is 0 Å². The quantitative estimate of drug-likeness (QED) is 0.0505. The Morgan fingerprint density at radius 3 is 0.750 bits per heavy atom. The zero-order valence-electron chi connectivity index (χ0n) is 30.9. The van der Waals surface area contributed by atoms with Gasteiger partial charge in [0.25, 0.3) is 0 Å². The predicted octanol–water partition coefficient (Wildman–Crippen LogP) is 15.4. The average Bonchev–Trinajstić information content (AvgIpc) is 3.03. The molecular formula is C42H84O2. The Labute approximate surface area is 279 Å². The maximum absolute atomic E-state index is 12.0. The fourth-order valence-electron chi connectivity index (χ4n) is 6.61. The Balaban J connectivity index is 3.14. The summed E-state index contributed by atoms with van der Waals surface area (Å²) in [6.45, 7) is 5.23. The Bertz CT molecular complexity index is 516. The van der Waals surface area contributed by atoms with Crippen LogP contribution in [0, 0.1) is 0 Å². The summed E-state index contributed by atoms with van der Waals surface area (Å²) in [6.07, 6.45) is 52.0. The van der Waals surface area contributed by atoms with E-state index in [0.717, 1.165) is 12.8 Å². The fourth-order valence-corrected chi connectivity index (χ4v) is 6.61. The number of rotatable bonds is 39. The van der Waals surface area contributed by atoms with Crippen LogP contribution >= 0.6 is 0 Å². The van der Waals surface area contributed by atoms with E-state index in [9.17, 15) is 4.79 Å². The van der Waals surface area contributed by atoms with E-state index >= 15 is 0 Å². The molecule has 0 spiro atoms. The van der Waals surface area contributed by atoms with E-state index in [1.54, 1.807) is 0 Å². The summed E-state index contributed by atoms with van der Waals surface area (Å²) in [5.41, 5.74) is 0. The number of hydrogen-bond acceptors (Lipinski definition) is 2. The number of esters is 1. The number of hydrogen-bond donors (Lipinski definition) is 0. The van der Waals surface area contributed by atoms with Crippen molar-refractivity contribution in [2.75, 3.05) is 6.61 Å². The molecule has 0 N–H and O–H groups in total. The Morgan fingerprint density at radius 1 is 0.295 bits per heavy atom. The summed E-state index contributed by atoms with van der Waals surface area (Å²) in [7, 11) is 0. The molecule has 0 rings (SSSR count). The molecule has 0 saturated heterocycles. The second-order valence-electron chi connectivity index (χ2n) is 14.3. The van der Waals surface area contributed by atoms with Crippen LogP contribution in [0.4, 0.5) is 0 Å². The van der Waals surface area contributed by atoms with Crippen LogP contribution in [0.1, 0.15) is 258 Å². The minimum Gasteiger partial charge on any atom is -0.466 e. The van der Waals surface area contributed by atoms with Crippen molar-refractivity contribution in [3.05, 3.63) is 0 Å². The molecule has 0 fully saturated rings. The van der Waals surface area contributed by atoms with Crippen molar-refractivity contribution in [3.63, 3.8) is 0 Å². The first-order chi connectivity index (χ1) is 21.8. The van der Waals surface area contributed by atoms with E-state index in [2.05, 4.69) is 13.8 Å². The summed E-state index contributed by atoms with van der Waals surface area (Å²) in [5.74, 6) is 0.0314. The molecule has 0 unspecified atom stereocenters. The van der Waals surface area contributed by atoms with Crippen LogP contribution in [0.2, 0.25) is 0 Å². The van der Waals surface area contributed by atoms with Gasteiger partial charge in [0.1, 0.15) is 0 Å². The molecule has 0 aromatic rings. The van der Waals surface area contributed by atoms with E-state index in [4.69, 9.17) is 4.74 Å². The second kappa shape index (κ2) is 40.5. The molecule has 0 bridgehead atoms. The summed E-state index contributed by atoms with van der Waals surface area (Å²) in [4.78, 5) is 12.0. The van der Waals surface area contributed by atoms with Crippen LogP contribution in [0.3, 0.4) is 0 Å². The highest BCUT2D eigenvalue weighted by Crippen LogP contribution is 2.16. The lowest BCUT2D eigenvalue weighted by Gasteiger charge is -2.06. The first-order valence-electron chi connectivity index (χ1n) is 21.0. The van der Waals surface area contributed by atoms with Gasteiger partial charge >= 0.3 is 5.97 Å². The molecule has 0 aliphatic carbocycles. The van der Waals surface area contributed by atoms with Gasteiger partial charge in [0.15, 0.2) is 0 Å². The topological polar surface area (TPSA) is 26.3 Å². The van der Waals surface area contributed by atoms with Crippen LogP contribution in [0.5, 0.6) is 0 Å². The van der Waals surface area contributed by atoms with Crippen LogP contribution in [-0.4, -0.2) is 12.6 Å². The normalized spacial score (nSPS) is 11.4. The molecule has 0 atom stereocenters. The van der Waals surface area contributed by atoms with E-state index in [1.165, 1.54) is 225 Å². The van der Waals surface area contributed by atoms with E-state index in [-0.39, 0.29) is 5.97 Å². The van der Waals surface area contributed by atoms with Gasteiger partial charge in [-0.15, -0.1) is 0 Å². The molecule has 0 saturated carbocycles. The van der Waals surface area contributed by atoms with E-state index in [1.807, 2.05) is 0 Å². The van der Waals surface area contributed by atoms with Crippen LogP contribution < -0.4 is 0 Å². The third-order valence-electron chi connectivity index (χ3n) is 9.75. The number of unbranched alkanes of at least 4 members (excludes halogenated alkanes) is 35. The van der Waals surface area contributed by atoms with Gasteiger partial charge in [0.05, 0.1) is 6.61 Å². The summed E-state index contributed by atoms with van der Waals surface area (Å²) in [5, 5.41) is 0. The molecule has 264 valence electrons. The van der Waals surface area contributed by atoms with E-state index < -0.39 is 0 Å². The summed E-state index contributed by atoms with van der Waals surface area (Å²) < 4.78 is 5.47. The SMILES string of the molecule is CCCCCCCCCCCCCCCCCCCCCOC(=O)CCCCCCCCCCCCCCCCCCCC. The standard InChI is InChI=1S/C42H84O2/c1-3-5-7-9-11-13-15-17-19-21-23-25-27-29-31-33-35-37-39-41-44-42(43)40-38-36-34-32-30-28-26-24-22-20-18-16-14-12-10-8-6-4-2/h3-41H2,1-2H3. The molecule has 0 aromatic heterocycles. The summed E-state index contributed by atoms with van der Waals surface area (Å²) >= 11 is 0. The highest BCUT2D eigenvalue weighted by Gasteiger charge is 2.03. The predicted molar refractivity (Wildman–Crippen MR) is 198 cm³/mol. The van der Waals surface area contributed by atoms with Crippen LogP contribution in [-0.2, 0) is 9.53 Å². The number of carbonyl (C=O) groups is 1. The molecular weight excluding hydrogens is 536 g/mol. The smallest absolute Gasteiger partial charge is 0.305 e. The van der Waals surface area contributed by atoms with Crippen molar-refractivity contribution in [2.24, 2.45) is 0 Å². The monoisotopic (exact) mass is 621 g/mol. The molecule has 2 heteroatoms. The van der Waals surface area contributed by atoms with Gasteiger partial charge in [-0.05, 0) is 12.8 Å². The lowest BCUT2D eigenvalue weighted by molar-refractivity contribution is -0.143. The van der Waals surface area contributed by atoms with Gasteiger partial charge in [0, 0.05) is 6.42 Å². The van der Waals surface area contributed by atoms with Crippen molar-refractivity contribution in [1.82, 2.24) is 0 Å². The van der Waals surface area contributed by atoms with E-state index in [0.29, 0.717) is 13.0 Å². The first kappa shape index (κ1) is 43.5. The van der Waals surface area contributed by atoms with Crippen molar-refractivity contribution in [2.45, 2.75) is 258 Å². The molecule has 0 aliphatic rings. The third-order valence-corrected chi connectivity index (χ3v) is 9.75. The minimum atomic E-state index is 0.0314. The van der Waals surface area contributed by atoms with Gasteiger partial charge < -0.3 is 4.74 Å². The van der Waals surface area contributed by atoms with Crippen LogP contribution in [0.15, 0.2) is 0 Å². The Kier molecular flexibility index (Phi) is 40.0. The summed E-state index contributed by atoms with van der Waals surface area (Å²) in [6, 6.07) is 0. The van der Waals surface area contributed by atoms with Crippen molar-refractivity contribution in [1.29, 1.82) is 0 Å². The maximum Gasteiger partial charge on any atom is 0.305 e. The maximum atomic E-state index is 12.0. The Morgan fingerprint density at radius 2 is 0.500 bits per heavy atom. The lowest BCUT2D eigenvalue weighted by Crippen LogP contribution is -2.05. The highest BCUT2D eigenvalue weighted by atomic mass is 16.5. The van der Waals surface area contributed by atoms with Gasteiger partial charge in [-0.3, -0.25) is 4.79 Å². The minimum absolute atomic E-state index is 0.0314. The Hall–Kier alpha value is -0.530. The first-order valence-corrected chi connectivity index (χ1v) is 21.0. The molecule has 0 heterocycles. The largest absolute Gasteiger partial charge is 0.466 e. The zero-order valence-corrected chi connectivity index (χ0v) is 30.9. The van der Waals surface area contributed by atoms with Gasteiger partial charge in [-0.2, -0.15) is 0 Å². The van der Waals surface area contributed by atoms with Crippen LogP contribution in [0.25, 0.3) is 0 Å². The zero-order chi connectivity index (χ0) is 31.9. The fraction of sp³-hybridized carbons (Fsp3) is 0.976.